The largest absolute Gasteiger partial charge is 0.489 e. The Kier molecular flexibility index (Phi) is 8.13. The van der Waals surface area contributed by atoms with Crippen LogP contribution in [0.15, 0.2) is 77.3 Å². The van der Waals surface area contributed by atoms with Crippen molar-refractivity contribution < 1.29 is 9.47 Å². The lowest BCUT2D eigenvalue weighted by atomic mass is 10.0. The van der Waals surface area contributed by atoms with Crippen molar-refractivity contribution in [3.05, 3.63) is 99.5 Å². The lowest BCUT2D eigenvalue weighted by Crippen LogP contribution is -1.96. The Morgan fingerprint density at radius 1 is 0.857 bits per heavy atom. The molecule has 0 aliphatic carbocycles. The Labute approximate surface area is 176 Å². The second-order valence-electron chi connectivity index (χ2n) is 6.99. The van der Waals surface area contributed by atoms with Gasteiger partial charge in [0.2, 0.25) is 0 Å². The van der Waals surface area contributed by atoms with Crippen molar-refractivity contribution in [1.82, 2.24) is 0 Å². The van der Waals surface area contributed by atoms with E-state index in [-0.39, 0.29) is 0 Å². The molecular weight excluding hydrogens is 412 g/mol. The Balaban J connectivity index is 0.000000391. The zero-order valence-electron chi connectivity index (χ0n) is 16.4. The average molecular weight is 439 g/mol. The maximum atomic E-state index is 5.83. The number of halogens is 1. The molecular formula is C25H27BrO2. The van der Waals surface area contributed by atoms with Crippen molar-refractivity contribution in [3.63, 3.8) is 0 Å². The minimum Gasteiger partial charge on any atom is -0.489 e. The Morgan fingerprint density at radius 2 is 1.57 bits per heavy atom. The van der Waals surface area contributed by atoms with Gasteiger partial charge >= 0.3 is 0 Å². The number of hydrogen-bond donors (Lipinski definition) is 0. The monoisotopic (exact) mass is 438 g/mol. The van der Waals surface area contributed by atoms with Crippen LogP contribution in [0, 0.1) is 6.92 Å². The molecule has 1 heterocycles. The van der Waals surface area contributed by atoms with Crippen molar-refractivity contribution in [1.29, 1.82) is 0 Å². The summed E-state index contributed by atoms with van der Waals surface area (Å²) in [5, 5.41) is 0. The van der Waals surface area contributed by atoms with Crippen molar-refractivity contribution in [2.75, 3.05) is 13.2 Å². The highest BCUT2D eigenvalue weighted by molar-refractivity contribution is 9.10. The summed E-state index contributed by atoms with van der Waals surface area (Å²) in [6.07, 6.45) is 3.50. The van der Waals surface area contributed by atoms with Crippen LogP contribution in [0.5, 0.6) is 5.75 Å². The summed E-state index contributed by atoms with van der Waals surface area (Å²) in [6.45, 7) is 4.75. The minimum absolute atomic E-state index is 0.603. The third-order valence-electron chi connectivity index (χ3n) is 4.70. The van der Waals surface area contributed by atoms with E-state index < -0.39 is 0 Å². The van der Waals surface area contributed by atoms with Gasteiger partial charge in [0.05, 0.1) is 0 Å². The van der Waals surface area contributed by atoms with Crippen molar-refractivity contribution in [2.24, 2.45) is 0 Å². The number of hydrogen-bond acceptors (Lipinski definition) is 2. The second-order valence-corrected chi connectivity index (χ2v) is 7.90. The van der Waals surface area contributed by atoms with Gasteiger partial charge in [-0.05, 0) is 72.7 Å². The van der Waals surface area contributed by atoms with E-state index in [2.05, 4.69) is 65.3 Å². The van der Waals surface area contributed by atoms with Crippen LogP contribution in [-0.2, 0) is 17.8 Å². The molecule has 2 nitrogen and oxygen atoms in total. The first-order valence-corrected chi connectivity index (χ1v) is 10.6. The number of aryl methyl sites for hydroxylation is 1. The normalized spacial score (nSPS) is 12.9. The molecule has 3 aromatic rings. The van der Waals surface area contributed by atoms with Crippen molar-refractivity contribution >= 4 is 15.9 Å². The fourth-order valence-electron chi connectivity index (χ4n) is 3.03. The van der Waals surface area contributed by atoms with Gasteiger partial charge in [-0.1, -0.05) is 64.5 Å². The van der Waals surface area contributed by atoms with E-state index in [0.717, 1.165) is 29.9 Å². The van der Waals surface area contributed by atoms with Crippen LogP contribution < -0.4 is 4.74 Å². The molecule has 0 unspecified atom stereocenters. The Hall–Kier alpha value is -2.10. The molecule has 4 rings (SSSR count). The molecule has 1 aliphatic heterocycles. The Morgan fingerprint density at radius 3 is 2.18 bits per heavy atom. The lowest BCUT2D eigenvalue weighted by molar-refractivity contribution is 0.198. The molecule has 3 heteroatoms. The van der Waals surface area contributed by atoms with Gasteiger partial charge in [0.15, 0.2) is 0 Å². The standard InChI is InChI=1S/C21H19BrO.C4H8O/c1-16-13-20(22)10-9-19(16)14-17-7-11-21(12-8-17)23-15-18-5-3-2-4-6-18;1-2-4-5-3-1/h2-13H,14-15H2,1H3;1-4H2. The van der Waals surface area contributed by atoms with Crippen LogP contribution in [0.2, 0.25) is 0 Å². The third-order valence-corrected chi connectivity index (χ3v) is 5.19. The molecule has 0 bridgehead atoms. The van der Waals surface area contributed by atoms with Gasteiger partial charge in [0.1, 0.15) is 12.4 Å². The van der Waals surface area contributed by atoms with E-state index in [4.69, 9.17) is 9.47 Å². The zero-order chi connectivity index (χ0) is 19.6. The fraction of sp³-hybridized carbons (Fsp3) is 0.280. The molecule has 0 N–H and O–H groups in total. The van der Waals surface area contributed by atoms with Crippen LogP contribution in [0.3, 0.4) is 0 Å². The molecule has 3 aromatic carbocycles. The van der Waals surface area contributed by atoms with Gasteiger partial charge in [-0.25, -0.2) is 0 Å². The second kappa shape index (κ2) is 11.0. The van der Waals surface area contributed by atoms with E-state index in [1.807, 2.05) is 30.3 Å². The SMILES string of the molecule is C1CCOC1.Cc1cc(Br)ccc1Cc1ccc(OCc2ccccc2)cc1. The van der Waals surface area contributed by atoms with Gasteiger partial charge in [0, 0.05) is 17.7 Å². The highest BCUT2D eigenvalue weighted by Gasteiger charge is 2.02. The van der Waals surface area contributed by atoms with Crippen LogP contribution >= 0.6 is 15.9 Å². The highest BCUT2D eigenvalue weighted by Crippen LogP contribution is 2.21. The predicted molar refractivity (Wildman–Crippen MR) is 119 cm³/mol. The summed E-state index contributed by atoms with van der Waals surface area (Å²) >= 11 is 3.51. The summed E-state index contributed by atoms with van der Waals surface area (Å²) < 4.78 is 11.9. The summed E-state index contributed by atoms with van der Waals surface area (Å²) in [5.41, 5.74) is 5.14. The molecule has 1 saturated heterocycles. The minimum atomic E-state index is 0.603. The summed E-state index contributed by atoms with van der Waals surface area (Å²) in [4.78, 5) is 0. The molecule has 0 aromatic heterocycles. The van der Waals surface area contributed by atoms with Crippen LogP contribution in [0.4, 0.5) is 0 Å². The highest BCUT2D eigenvalue weighted by atomic mass is 79.9. The quantitative estimate of drug-likeness (QED) is 0.439. The topological polar surface area (TPSA) is 18.5 Å². The van der Waals surface area contributed by atoms with Crippen molar-refractivity contribution in [2.45, 2.75) is 32.8 Å². The summed E-state index contributed by atoms with van der Waals surface area (Å²) in [6, 6.07) is 25.0. The number of ether oxygens (including phenoxy) is 2. The predicted octanol–water partition coefficient (Wildman–Crippen LogP) is 6.72. The number of rotatable bonds is 5. The summed E-state index contributed by atoms with van der Waals surface area (Å²) in [5.74, 6) is 0.908. The van der Waals surface area contributed by atoms with Gasteiger partial charge in [-0.2, -0.15) is 0 Å². The first-order chi connectivity index (χ1) is 13.7. The summed E-state index contributed by atoms with van der Waals surface area (Å²) in [7, 11) is 0. The van der Waals surface area contributed by atoms with E-state index in [0.29, 0.717) is 6.61 Å². The van der Waals surface area contributed by atoms with Crippen LogP contribution in [-0.4, -0.2) is 13.2 Å². The molecule has 0 spiro atoms. The first kappa shape index (κ1) is 20.6. The molecule has 146 valence electrons. The van der Waals surface area contributed by atoms with E-state index in [9.17, 15) is 0 Å². The maximum Gasteiger partial charge on any atom is 0.119 e. The van der Waals surface area contributed by atoms with Crippen molar-refractivity contribution in [3.8, 4) is 5.75 Å². The van der Waals surface area contributed by atoms with Gasteiger partial charge in [0.25, 0.3) is 0 Å². The van der Waals surface area contributed by atoms with Crippen LogP contribution in [0.25, 0.3) is 0 Å². The molecule has 0 amide bonds. The van der Waals surface area contributed by atoms with Gasteiger partial charge < -0.3 is 9.47 Å². The molecule has 1 fully saturated rings. The molecule has 0 saturated carbocycles. The average Bonchev–Trinajstić information content (AvgIpc) is 3.31. The van der Waals surface area contributed by atoms with Crippen LogP contribution in [0.1, 0.15) is 35.1 Å². The molecule has 1 aliphatic rings. The smallest absolute Gasteiger partial charge is 0.119 e. The first-order valence-electron chi connectivity index (χ1n) is 9.79. The molecule has 0 atom stereocenters. The van der Waals surface area contributed by atoms with E-state index in [1.165, 1.54) is 35.1 Å². The van der Waals surface area contributed by atoms with Gasteiger partial charge in [-0.15, -0.1) is 0 Å². The van der Waals surface area contributed by atoms with E-state index in [1.54, 1.807) is 0 Å². The Bertz CT molecular complexity index is 833. The number of benzene rings is 3. The molecule has 28 heavy (non-hydrogen) atoms. The lowest BCUT2D eigenvalue weighted by Gasteiger charge is -2.09. The van der Waals surface area contributed by atoms with E-state index >= 15 is 0 Å². The molecule has 0 radical (unpaired) electrons. The maximum absolute atomic E-state index is 5.83. The zero-order valence-corrected chi connectivity index (χ0v) is 18.0. The third kappa shape index (κ3) is 6.81. The van der Waals surface area contributed by atoms with Gasteiger partial charge in [-0.3, -0.25) is 0 Å². The fourth-order valence-corrected chi connectivity index (χ4v) is 3.51.